The predicted octanol–water partition coefficient (Wildman–Crippen LogP) is 6.03. The van der Waals surface area contributed by atoms with Crippen molar-refractivity contribution in [2.24, 2.45) is 0 Å². The number of nitrogens with zero attached hydrogens (tertiary/aromatic N) is 1. The molecule has 0 aliphatic heterocycles. The minimum Gasteiger partial charge on any atom is -0.495 e. The lowest BCUT2D eigenvalue weighted by molar-refractivity contribution is -0.137. The van der Waals surface area contributed by atoms with Crippen LogP contribution in [0.25, 0.3) is 0 Å². The van der Waals surface area contributed by atoms with Crippen LogP contribution in [-0.2, 0) is 20.6 Å². The molecule has 0 saturated heterocycles. The number of rotatable bonds is 8. The fraction of sp³-hybridized carbons (Fsp3) is 0.292. The van der Waals surface area contributed by atoms with Crippen molar-refractivity contribution in [2.45, 2.75) is 30.2 Å². The van der Waals surface area contributed by atoms with Gasteiger partial charge < -0.3 is 19.9 Å². The summed E-state index contributed by atoms with van der Waals surface area (Å²) in [6.07, 6.45) is -4.10. The summed E-state index contributed by atoms with van der Waals surface area (Å²) in [4.78, 5) is 3.78. The summed E-state index contributed by atoms with van der Waals surface area (Å²) in [6.45, 7) is 6.18. The molecule has 194 valence electrons. The molecule has 36 heavy (non-hydrogen) atoms. The van der Waals surface area contributed by atoms with E-state index in [-0.39, 0.29) is 16.4 Å². The topological polar surface area (TPSA) is 97.4 Å². The molecule has 3 aromatic rings. The van der Waals surface area contributed by atoms with Crippen LogP contribution in [0.3, 0.4) is 0 Å². The number of ether oxygens (including phenoxy) is 1. The third-order valence-corrected chi connectivity index (χ3v) is 9.09. The maximum atomic E-state index is 13.8. The first-order valence-electron chi connectivity index (χ1n) is 10.8. The van der Waals surface area contributed by atoms with Crippen molar-refractivity contribution < 1.29 is 30.9 Å². The Morgan fingerprint density at radius 1 is 0.972 bits per heavy atom. The highest BCUT2D eigenvalue weighted by atomic mass is 32.2. The number of hydrogen-bond donors (Lipinski definition) is 2. The van der Waals surface area contributed by atoms with Crippen LogP contribution in [0.5, 0.6) is 5.75 Å². The number of hydrogen-bond acceptors (Lipinski definition) is 7. The SMILES string of the molecule is COc1ccc(P(C)(C)=O)cc1Nc1cc(Nc2ccccc2S(=O)(=O)C(C)C)c(C(F)(F)F)cn1. The van der Waals surface area contributed by atoms with Gasteiger partial charge in [0.2, 0.25) is 0 Å². The van der Waals surface area contributed by atoms with Gasteiger partial charge in [0.05, 0.1) is 39.9 Å². The van der Waals surface area contributed by atoms with Gasteiger partial charge in [-0.2, -0.15) is 13.2 Å². The number of benzene rings is 2. The first-order chi connectivity index (χ1) is 16.6. The lowest BCUT2D eigenvalue weighted by Gasteiger charge is -2.19. The van der Waals surface area contributed by atoms with Crippen molar-refractivity contribution in [2.75, 3.05) is 31.1 Å². The number of para-hydroxylation sites is 1. The number of nitrogens with one attached hydrogen (secondary N) is 2. The summed E-state index contributed by atoms with van der Waals surface area (Å²) in [5.74, 6) is 0.406. The Morgan fingerprint density at radius 3 is 2.22 bits per heavy atom. The van der Waals surface area contributed by atoms with Crippen molar-refractivity contribution in [1.82, 2.24) is 4.98 Å². The van der Waals surface area contributed by atoms with E-state index in [9.17, 15) is 26.2 Å². The van der Waals surface area contributed by atoms with E-state index in [1.165, 1.54) is 45.2 Å². The Labute approximate surface area is 208 Å². The highest BCUT2D eigenvalue weighted by Crippen LogP contribution is 2.40. The minimum absolute atomic E-state index is 0.00586. The van der Waals surface area contributed by atoms with Crippen molar-refractivity contribution in [3.63, 3.8) is 0 Å². The predicted molar refractivity (Wildman–Crippen MR) is 137 cm³/mol. The van der Waals surface area contributed by atoms with E-state index in [0.717, 1.165) is 6.07 Å². The van der Waals surface area contributed by atoms with Gasteiger partial charge in [-0.1, -0.05) is 12.1 Å². The van der Waals surface area contributed by atoms with Crippen LogP contribution in [0.1, 0.15) is 19.4 Å². The van der Waals surface area contributed by atoms with Crippen LogP contribution in [0, 0.1) is 0 Å². The monoisotopic (exact) mass is 541 g/mol. The van der Waals surface area contributed by atoms with Crippen LogP contribution in [0.2, 0.25) is 0 Å². The molecule has 0 fully saturated rings. The third kappa shape index (κ3) is 6.02. The fourth-order valence-electron chi connectivity index (χ4n) is 3.34. The summed E-state index contributed by atoms with van der Waals surface area (Å²) < 4.78 is 84.8. The van der Waals surface area contributed by atoms with Crippen molar-refractivity contribution in [3.8, 4) is 5.75 Å². The molecule has 0 bridgehead atoms. The van der Waals surface area contributed by atoms with Gasteiger partial charge in [-0.15, -0.1) is 0 Å². The van der Waals surface area contributed by atoms with Gasteiger partial charge >= 0.3 is 6.18 Å². The van der Waals surface area contributed by atoms with Gasteiger partial charge in [-0.05, 0) is 57.5 Å². The molecule has 0 spiro atoms. The number of alkyl halides is 3. The van der Waals surface area contributed by atoms with Gasteiger partial charge in [0, 0.05) is 17.6 Å². The minimum atomic E-state index is -4.76. The lowest BCUT2D eigenvalue weighted by atomic mass is 10.2. The zero-order chi connectivity index (χ0) is 26.9. The number of anilines is 4. The van der Waals surface area contributed by atoms with Crippen LogP contribution in [0.4, 0.5) is 36.1 Å². The van der Waals surface area contributed by atoms with Crippen molar-refractivity contribution in [3.05, 3.63) is 60.3 Å². The molecule has 2 N–H and O–H groups in total. The Hall–Kier alpha value is -3.04. The molecular weight excluding hydrogens is 514 g/mol. The Balaban J connectivity index is 2.10. The molecule has 2 aromatic carbocycles. The molecule has 0 radical (unpaired) electrons. The third-order valence-electron chi connectivity index (χ3n) is 5.36. The summed E-state index contributed by atoms with van der Waals surface area (Å²) in [7, 11) is -4.98. The molecule has 0 amide bonds. The highest BCUT2D eigenvalue weighted by Gasteiger charge is 2.35. The quantitative estimate of drug-likeness (QED) is 0.336. The molecule has 0 aliphatic carbocycles. The second-order valence-electron chi connectivity index (χ2n) is 8.69. The van der Waals surface area contributed by atoms with E-state index >= 15 is 0 Å². The average molecular weight is 542 g/mol. The molecule has 0 aliphatic rings. The maximum absolute atomic E-state index is 13.8. The van der Waals surface area contributed by atoms with Gasteiger partial charge in [0.25, 0.3) is 0 Å². The largest absolute Gasteiger partial charge is 0.495 e. The number of methoxy groups -OCH3 is 1. The van der Waals surface area contributed by atoms with Gasteiger partial charge in [-0.25, -0.2) is 13.4 Å². The van der Waals surface area contributed by atoms with E-state index in [2.05, 4.69) is 15.6 Å². The Morgan fingerprint density at radius 2 is 1.64 bits per heavy atom. The lowest BCUT2D eigenvalue weighted by Crippen LogP contribution is -2.16. The number of aromatic nitrogens is 1. The summed E-state index contributed by atoms with van der Waals surface area (Å²) in [6, 6.07) is 11.8. The van der Waals surface area contributed by atoms with E-state index in [1.807, 2.05) is 0 Å². The second kappa shape index (κ2) is 10.1. The second-order valence-corrected chi connectivity index (χ2v) is 14.4. The van der Waals surface area contributed by atoms with Crippen LogP contribution >= 0.6 is 7.14 Å². The first-order valence-corrected chi connectivity index (χ1v) is 15.0. The summed E-state index contributed by atoms with van der Waals surface area (Å²) in [5, 5.41) is 5.34. The summed E-state index contributed by atoms with van der Waals surface area (Å²) in [5.41, 5.74) is -1.10. The van der Waals surface area contributed by atoms with E-state index in [0.29, 0.717) is 22.9 Å². The van der Waals surface area contributed by atoms with Gasteiger partial charge in [-0.3, -0.25) is 0 Å². The van der Waals surface area contributed by atoms with E-state index in [1.54, 1.807) is 31.5 Å². The fourth-order valence-corrected chi connectivity index (χ4v) is 5.41. The van der Waals surface area contributed by atoms with Gasteiger partial charge in [0.15, 0.2) is 9.84 Å². The molecule has 1 aromatic heterocycles. The molecule has 3 rings (SSSR count). The molecule has 7 nitrogen and oxygen atoms in total. The number of pyridine rings is 1. The van der Waals surface area contributed by atoms with Gasteiger partial charge in [0.1, 0.15) is 18.7 Å². The summed E-state index contributed by atoms with van der Waals surface area (Å²) >= 11 is 0. The molecule has 12 heteroatoms. The first kappa shape index (κ1) is 27.5. The van der Waals surface area contributed by atoms with Crippen LogP contribution in [-0.4, -0.2) is 39.1 Å². The standard InChI is InChI=1S/C24H27F3N3O4PS/c1-15(2)36(32,33)22-9-7-6-8-18(22)29-19-13-23(28-14-17(19)24(25,26)27)30-20-12-16(35(4,5)31)10-11-21(20)34-3/h6-15H,1-5H3,(H2,28,29,30). The van der Waals surface area contributed by atoms with Crippen LogP contribution in [0.15, 0.2) is 59.6 Å². The van der Waals surface area contributed by atoms with E-state index in [4.69, 9.17) is 4.74 Å². The Bertz CT molecular complexity index is 1420. The van der Waals surface area contributed by atoms with E-state index < -0.39 is 39.7 Å². The zero-order valence-corrected chi connectivity index (χ0v) is 22.1. The van der Waals surface area contributed by atoms with Crippen molar-refractivity contribution >= 4 is 45.2 Å². The average Bonchev–Trinajstić information content (AvgIpc) is 2.78. The van der Waals surface area contributed by atoms with Crippen molar-refractivity contribution in [1.29, 1.82) is 0 Å². The molecular formula is C24H27F3N3O4PS. The molecule has 0 unspecified atom stereocenters. The normalized spacial score (nSPS) is 12.5. The smallest absolute Gasteiger partial charge is 0.419 e. The number of sulfone groups is 1. The molecule has 0 atom stereocenters. The highest BCUT2D eigenvalue weighted by molar-refractivity contribution is 7.92. The molecule has 0 saturated carbocycles. The van der Waals surface area contributed by atoms with Crippen LogP contribution < -0.4 is 20.7 Å². The Kier molecular flexibility index (Phi) is 7.76. The zero-order valence-electron chi connectivity index (χ0n) is 20.3. The molecule has 1 heterocycles. The number of halogens is 3. The maximum Gasteiger partial charge on any atom is 0.419 e.